The molecule has 2 aromatic rings. The highest BCUT2D eigenvalue weighted by atomic mass is 35.5. The average molecular weight is 445 g/mol. The van der Waals surface area contributed by atoms with Gasteiger partial charge in [-0.1, -0.05) is 17.7 Å². The zero-order valence-electron chi connectivity index (χ0n) is 18.1. The summed E-state index contributed by atoms with van der Waals surface area (Å²) in [5.74, 6) is -0.179. The first-order valence-electron chi connectivity index (χ1n) is 10.4. The molecule has 1 aliphatic rings. The summed E-state index contributed by atoms with van der Waals surface area (Å²) in [6, 6.07) is 9.67. The number of ether oxygens (including phenoxy) is 1. The minimum atomic E-state index is -0.608. The molecule has 1 atom stereocenters. The number of nitrogens with zero attached hydrogens (tertiary/aromatic N) is 1. The molecule has 166 valence electrons. The largest absolute Gasteiger partial charge is 0.458 e. The average Bonchev–Trinajstić information content (AvgIpc) is 2.72. The van der Waals surface area contributed by atoms with Crippen molar-refractivity contribution in [3.8, 4) is 0 Å². The van der Waals surface area contributed by atoms with E-state index < -0.39 is 11.6 Å². The van der Waals surface area contributed by atoms with Gasteiger partial charge < -0.3 is 20.7 Å². The van der Waals surface area contributed by atoms with Gasteiger partial charge in [0.05, 0.1) is 5.56 Å². The molecule has 31 heavy (non-hydrogen) atoms. The van der Waals surface area contributed by atoms with Crippen LogP contribution in [0.15, 0.2) is 42.6 Å². The molecule has 0 saturated carbocycles. The number of pyridine rings is 1. The lowest BCUT2D eigenvalue weighted by atomic mass is 9.89. The summed E-state index contributed by atoms with van der Waals surface area (Å²) in [6.07, 6.45) is 3.27. The van der Waals surface area contributed by atoms with Crippen LogP contribution in [0.25, 0.3) is 0 Å². The molecule has 1 aromatic heterocycles. The predicted molar refractivity (Wildman–Crippen MR) is 122 cm³/mol. The third-order valence-corrected chi connectivity index (χ3v) is 5.19. The standard InChI is InChI=1S/C23H29ClN4O3/c1-23(2,3)31-22(30)20(15-9-12-25-13-10-15)27-18-8-7-16(24)14-17(18)21(29)28-19-6-4-5-11-26-19/h4-8,11,14-15,20,25,27H,9-10,12-13H2,1-3H3,(H,26,28,29). The Labute approximate surface area is 187 Å². The maximum Gasteiger partial charge on any atom is 0.329 e. The van der Waals surface area contributed by atoms with Crippen molar-refractivity contribution < 1.29 is 14.3 Å². The van der Waals surface area contributed by atoms with E-state index >= 15 is 0 Å². The Bertz CT molecular complexity index is 909. The molecule has 1 unspecified atom stereocenters. The van der Waals surface area contributed by atoms with Gasteiger partial charge >= 0.3 is 5.97 Å². The molecule has 3 rings (SSSR count). The third-order valence-electron chi connectivity index (χ3n) is 4.96. The summed E-state index contributed by atoms with van der Waals surface area (Å²) in [5, 5.41) is 9.80. The molecule has 2 heterocycles. The number of aromatic nitrogens is 1. The lowest BCUT2D eigenvalue weighted by molar-refractivity contribution is -0.157. The van der Waals surface area contributed by atoms with E-state index in [0.717, 1.165) is 25.9 Å². The fraction of sp³-hybridized carbons (Fsp3) is 0.435. The Kier molecular flexibility index (Phi) is 7.51. The number of nitrogens with one attached hydrogen (secondary N) is 3. The summed E-state index contributed by atoms with van der Waals surface area (Å²) >= 11 is 6.18. The number of hydrogen-bond donors (Lipinski definition) is 3. The zero-order valence-corrected chi connectivity index (χ0v) is 18.8. The molecule has 7 nitrogen and oxygen atoms in total. The molecule has 0 bridgehead atoms. The molecule has 1 amide bonds. The van der Waals surface area contributed by atoms with Gasteiger partial charge in [0.1, 0.15) is 17.5 Å². The highest BCUT2D eigenvalue weighted by Gasteiger charge is 2.34. The van der Waals surface area contributed by atoms with E-state index in [1.807, 2.05) is 20.8 Å². The maximum atomic E-state index is 13.1. The molecule has 1 fully saturated rings. The Morgan fingerprint density at radius 2 is 1.94 bits per heavy atom. The van der Waals surface area contributed by atoms with Gasteiger partial charge in [0.2, 0.25) is 0 Å². The quantitative estimate of drug-likeness (QED) is 0.581. The van der Waals surface area contributed by atoms with Crippen LogP contribution in [0.2, 0.25) is 5.02 Å². The van der Waals surface area contributed by atoms with Crippen molar-refractivity contribution in [1.82, 2.24) is 10.3 Å². The molecular weight excluding hydrogens is 416 g/mol. The van der Waals surface area contributed by atoms with Crippen LogP contribution in [0.4, 0.5) is 11.5 Å². The van der Waals surface area contributed by atoms with Crippen molar-refractivity contribution in [2.45, 2.75) is 45.3 Å². The Hall–Kier alpha value is -2.64. The molecular formula is C23H29ClN4O3. The topological polar surface area (TPSA) is 92.3 Å². The molecule has 1 aliphatic heterocycles. The van der Waals surface area contributed by atoms with Crippen LogP contribution in [0, 0.1) is 5.92 Å². The van der Waals surface area contributed by atoms with Crippen LogP contribution in [-0.4, -0.2) is 41.6 Å². The summed E-state index contributed by atoms with van der Waals surface area (Å²) in [7, 11) is 0. The van der Waals surface area contributed by atoms with E-state index in [1.54, 1.807) is 42.6 Å². The van der Waals surface area contributed by atoms with E-state index in [-0.39, 0.29) is 17.8 Å². The lowest BCUT2D eigenvalue weighted by Crippen LogP contribution is -2.45. The number of carbonyl (C=O) groups excluding carboxylic acids is 2. The number of anilines is 2. The highest BCUT2D eigenvalue weighted by molar-refractivity contribution is 6.31. The first kappa shape index (κ1) is 23.0. The van der Waals surface area contributed by atoms with Crippen LogP contribution in [-0.2, 0) is 9.53 Å². The number of hydrogen-bond acceptors (Lipinski definition) is 6. The number of halogens is 1. The first-order valence-corrected chi connectivity index (χ1v) is 10.8. The molecule has 0 spiro atoms. The van der Waals surface area contributed by atoms with Gasteiger partial charge in [-0.3, -0.25) is 4.79 Å². The predicted octanol–water partition coefficient (Wildman–Crippen LogP) is 4.11. The highest BCUT2D eigenvalue weighted by Crippen LogP contribution is 2.27. The number of piperidine rings is 1. The van der Waals surface area contributed by atoms with E-state index in [9.17, 15) is 9.59 Å². The van der Waals surface area contributed by atoms with Gasteiger partial charge in [0, 0.05) is 16.9 Å². The van der Waals surface area contributed by atoms with Gasteiger partial charge in [0.25, 0.3) is 5.91 Å². The molecule has 1 saturated heterocycles. The number of esters is 1. The van der Waals surface area contributed by atoms with Crippen LogP contribution >= 0.6 is 11.6 Å². The minimum absolute atomic E-state index is 0.0819. The van der Waals surface area contributed by atoms with E-state index in [1.165, 1.54) is 0 Å². The fourth-order valence-corrected chi connectivity index (χ4v) is 3.70. The van der Waals surface area contributed by atoms with E-state index in [2.05, 4.69) is 20.9 Å². The Morgan fingerprint density at radius 1 is 1.19 bits per heavy atom. The fourth-order valence-electron chi connectivity index (χ4n) is 3.53. The zero-order chi connectivity index (χ0) is 22.4. The van der Waals surface area contributed by atoms with Crippen molar-refractivity contribution in [3.05, 3.63) is 53.2 Å². The Balaban J connectivity index is 1.87. The monoisotopic (exact) mass is 444 g/mol. The summed E-state index contributed by atoms with van der Waals surface area (Å²) in [5.41, 5.74) is 0.246. The second kappa shape index (κ2) is 10.1. The van der Waals surface area contributed by atoms with Crippen LogP contribution in [0.3, 0.4) is 0 Å². The molecule has 3 N–H and O–H groups in total. The maximum absolute atomic E-state index is 13.1. The second-order valence-corrected chi connectivity index (χ2v) is 9.04. The summed E-state index contributed by atoms with van der Waals surface area (Å²) < 4.78 is 5.69. The van der Waals surface area contributed by atoms with Crippen molar-refractivity contribution in [2.75, 3.05) is 23.7 Å². The molecule has 8 heteroatoms. The second-order valence-electron chi connectivity index (χ2n) is 8.60. The third kappa shape index (κ3) is 6.67. The number of carbonyl (C=O) groups is 2. The van der Waals surface area contributed by atoms with Gasteiger partial charge in [0.15, 0.2) is 0 Å². The van der Waals surface area contributed by atoms with Gasteiger partial charge in [-0.25, -0.2) is 9.78 Å². The van der Waals surface area contributed by atoms with Crippen molar-refractivity contribution >= 4 is 35.0 Å². The summed E-state index contributed by atoms with van der Waals surface area (Å²) in [6.45, 7) is 7.20. The minimum Gasteiger partial charge on any atom is -0.458 e. The van der Waals surface area contributed by atoms with Gasteiger partial charge in [-0.2, -0.15) is 0 Å². The summed E-state index contributed by atoms with van der Waals surface area (Å²) in [4.78, 5) is 30.2. The van der Waals surface area contributed by atoms with Gasteiger partial charge in [-0.15, -0.1) is 0 Å². The molecule has 0 radical (unpaired) electrons. The van der Waals surface area contributed by atoms with Crippen molar-refractivity contribution in [1.29, 1.82) is 0 Å². The van der Waals surface area contributed by atoms with E-state index in [0.29, 0.717) is 22.1 Å². The van der Waals surface area contributed by atoms with Crippen LogP contribution in [0.1, 0.15) is 44.0 Å². The van der Waals surface area contributed by atoms with Crippen molar-refractivity contribution in [3.63, 3.8) is 0 Å². The number of benzene rings is 1. The van der Waals surface area contributed by atoms with Crippen molar-refractivity contribution in [2.24, 2.45) is 5.92 Å². The van der Waals surface area contributed by atoms with Gasteiger partial charge in [-0.05, 0) is 83.0 Å². The Morgan fingerprint density at radius 3 is 2.58 bits per heavy atom. The molecule has 0 aliphatic carbocycles. The lowest BCUT2D eigenvalue weighted by Gasteiger charge is -2.33. The van der Waals surface area contributed by atoms with E-state index in [4.69, 9.17) is 16.3 Å². The first-order chi connectivity index (χ1) is 14.7. The smallest absolute Gasteiger partial charge is 0.329 e. The number of rotatable bonds is 6. The number of amides is 1. The normalized spacial score (nSPS) is 15.7. The van der Waals surface area contributed by atoms with Crippen LogP contribution < -0.4 is 16.0 Å². The van der Waals surface area contributed by atoms with Crippen LogP contribution in [0.5, 0.6) is 0 Å². The SMILES string of the molecule is CC(C)(C)OC(=O)C(Nc1ccc(Cl)cc1C(=O)Nc1ccccn1)C1CCNCC1. The molecule has 1 aromatic carbocycles.